The largest absolute Gasteiger partial charge is 0.395 e. The minimum atomic E-state index is -0.435. The van der Waals surface area contributed by atoms with Crippen LogP contribution in [-0.2, 0) is 18.4 Å². The standard InChI is InChI=1S/C19H22N2O3/c22-11-10-21-17(23)15-16(20-18(21)24)14-7-3-2-6-13(14)12-19(15)8-4-1-5-9-19/h2-3,6-7,22H,1,4-5,8-12H2,(H,20,24). The summed E-state index contributed by atoms with van der Waals surface area (Å²) in [6, 6.07) is 8.05. The van der Waals surface area contributed by atoms with Crippen molar-refractivity contribution in [1.82, 2.24) is 9.55 Å². The van der Waals surface area contributed by atoms with E-state index in [1.165, 1.54) is 12.0 Å². The lowest BCUT2D eigenvalue weighted by atomic mass is 9.62. The number of nitrogens with zero attached hydrogens (tertiary/aromatic N) is 1. The molecule has 1 aromatic carbocycles. The van der Waals surface area contributed by atoms with Gasteiger partial charge in [0, 0.05) is 16.5 Å². The molecule has 0 saturated heterocycles. The first-order chi connectivity index (χ1) is 11.7. The highest BCUT2D eigenvalue weighted by Gasteiger charge is 2.42. The average molecular weight is 326 g/mol. The van der Waals surface area contributed by atoms with Crippen molar-refractivity contribution < 1.29 is 5.11 Å². The van der Waals surface area contributed by atoms with E-state index in [0.29, 0.717) is 5.69 Å². The molecule has 5 heteroatoms. The summed E-state index contributed by atoms with van der Waals surface area (Å²) < 4.78 is 1.16. The number of aliphatic hydroxyl groups excluding tert-OH is 1. The molecule has 24 heavy (non-hydrogen) atoms. The van der Waals surface area contributed by atoms with Gasteiger partial charge in [0.25, 0.3) is 5.56 Å². The summed E-state index contributed by atoms with van der Waals surface area (Å²) in [6.45, 7) is -0.176. The highest BCUT2D eigenvalue weighted by atomic mass is 16.3. The Morgan fingerprint density at radius 1 is 1.12 bits per heavy atom. The third kappa shape index (κ3) is 2.18. The fourth-order valence-corrected chi connectivity index (χ4v) is 4.59. The number of aliphatic hydroxyl groups is 1. The van der Waals surface area contributed by atoms with Gasteiger partial charge in [-0.1, -0.05) is 43.5 Å². The molecule has 0 unspecified atom stereocenters. The van der Waals surface area contributed by atoms with E-state index in [4.69, 9.17) is 0 Å². The molecule has 4 rings (SSSR count). The van der Waals surface area contributed by atoms with Crippen LogP contribution >= 0.6 is 0 Å². The van der Waals surface area contributed by atoms with Crippen molar-refractivity contribution in [2.75, 3.05) is 6.61 Å². The Hall–Kier alpha value is -2.14. The fourth-order valence-electron chi connectivity index (χ4n) is 4.59. The van der Waals surface area contributed by atoms with E-state index in [1.807, 2.05) is 18.2 Å². The van der Waals surface area contributed by atoms with Gasteiger partial charge in [-0.15, -0.1) is 0 Å². The summed E-state index contributed by atoms with van der Waals surface area (Å²) in [5.41, 5.74) is 2.79. The Bertz CT molecular complexity index is 888. The molecule has 1 aromatic heterocycles. The molecule has 2 aliphatic rings. The Morgan fingerprint density at radius 2 is 1.88 bits per heavy atom. The third-order valence-electron chi connectivity index (χ3n) is 5.67. The molecule has 0 radical (unpaired) electrons. The van der Waals surface area contributed by atoms with E-state index >= 15 is 0 Å². The number of fused-ring (bicyclic) bond motifs is 4. The predicted molar refractivity (Wildman–Crippen MR) is 92.3 cm³/mol. The minimum absolute atomic E-state index is 0.0408. The van der Waals surface area contributed by atoms with E-state index in [-0.39, 0.29) is 24.1 Å². The molecular weight excluding hydrogens is 304 g/mol. The predicted octanol–water partition coefficient (Wildman–Crippen LogP) is 1.95. The smallest absolute Gasteiger partial charge is 0.328 e. The van der Waals surface area contributed by atoms with Gasteiger partial charge in [-0.3, -0.25) is 9.36 Å². The lowest BCUT2D eigenvalue weighted by molar-refractivity contribution is 0.263. The molecule has 1 spiro atoms. The van der Waals surface area contributed by atoms with Crippen molar-refractivity contribution in [1.29, 1.82) is 0 Å². The van der Waals surface area contributed by atoms with Gasteiger partial charge in [-0.25, -0.2) is 4.79 Å². The average Bonchev–Trinajstić information content (AvgIpc) is 2.59. The molecule has 1 saturated carbocycles. The molecule has 2 aromatic rings. The lowest BCUT2D eigenvalue weighted by Gasteiger charge is -2.42. The molecule has 126 valence electrons. The van der Waals surface area contributed by atoms with Gasteiger partial charge in [-0.2, -0.15) is 0 Å². The van der Waals surface area contributed by atoms with Crippen molar-refractivity contribution in [2.45, 2.75) is 50.5 Å². The second kappa shape index (κ2) is 5.74. The second-order valence-corrected chi connectivity index (χ2v) is 7.04. The summed E-state index contributed by atoms with van der Waals surface area (Å²) in [7, 11) is 0. The number of rotatable bonds is 2. The number of H-pyrrole nitrogens is 1. The molecule has 1 fully saturated rings. The van der Waals surface area contributed by atoms with Gasteiger partial charge in [0.1, 0.15) is 0 Å². The summed E-state index contributed by atoms with van der Waals surface area (Å²) in [5, 5.41) is 9.22. The van der Waals surface area contributed by atoms with Gasteiger partial charge in [-0.05, 0) is 24.8 Å². The third-order valence-corrected chi connectivity index (χ3v) is 5.67. The Balaban J connectivity index is 2.04. The van der Waals surface area contributed by atoms with Crippen LogP contribution in [0.1, 0.15) is 43.2 Å². The molecule has 1 heterocycles. The van der Waals surface area contributed by atoms with Crippen LogP contribution in [0.25, 0.3) is 11.3 Å². The number of aromatic amines is 1. The van der Waals surface area contributed by atoms with Gasteiger partial charge in [0.05, 0.1) is 18.8 Å². The zero-order valence-electron chi connectivity index (χ0n) is 13.7. The van der Waals surface area contributed by atoms with Crippen LogP contribution in [0.2, 0.25) is 0 Å². The fraction of sp³-hybridized carbons (Fsp3) is 0.474. The Kier molecular flexibility index (Phi) is 3.68. The van der Waals surface area contributed by atoms with E-state index in [2.05, 4.69) is 11.1 Å². The maximum Gasteiger partial charge on any atom is 0.328 e. The molecule has 0 amide bonds. The lowest BCUT2D eigenvalue weighted by Crippen LogP contribution is -2.47. The van der Waals surface area contributed by atoms with Crippen LogP contribution in [0.15, 0.2) is 33.9 Å². The minimum Gasteiger partial charge on any atom is -0.395 e. The quantitative estimate of drug-likeness (QED) is 0.886. The molecule has 2 aliphatic carbocycles. The van der Waals surface area contributed by atoms with E-state index in [1.54, 1.807) is 0 Å². The van der Waals surface area contributed by atoms with Crippen molar-refractivity contribution in [2.24, 2.45) is 0 Å². The first-order valence-corrected chi connectivity index (χ1v) is 8.73. The number of hydrogen-bond donors (Lipinski definition) is 2. The number of nitrogens with one attached hydrogen (secondary N) is 1. The van der Waals surface area contributed by atoms with Gasteiger partial charge < -0.3 is 10.1 Å². The normalized spacial score (nSPS) is 18.2. The molecule has 2 N–H and O–H groups in total. The second-order valence-electron chi connectivity index (χ2n) is 7.04. The number of aromatic nitrogens is 2. The first-order valence-electron chi connectivity index (χ1n) is 8.73. The topological polar surface area (TPSA) is 75.1 Å². The summed E-state index contributed by atoms with van der Waals surface area (Å²) in [4.78, 5) is 28.5. The van der Waals surface area contributed by atoms with Crippen LogP contribution in [0.4, 0.5) is 0 Å². The van der Waals surface area contributed by atoms with Crippen LogP contribution in [0.5, 0.6) is 0 Å². The van der Waals surface area contributed by atoms with Crippen molar-refractivity contribution in [3.8, 4) is 11.3 Å². The molecule has 5 nitrogen and oxygen atoms in total. The first kappa shape index (κ1) is 15.4. The van der Waals surface area contributed by atoms with Gasteiger partial charge in [0.15, 0.2) is 0 Å². The zero-order chi connectivity index (χ0) is 16.7. The highest BCUT2D eigenvalue weighted by molar-refractivity contribution is 5.71. The summed E-state index contributed by atoms with van der Waals surface area (Å²) in [6.07, 6.45) is 6.24. The SMILES string of the molecule is O=c1[nH]c2c(c(=O)n1CCO)C1(CCCCC1)Cc1ccccc1-2. The molecule has 0 bridgehead atoms. The number of hydrogen-bond acceptors (Lipinski definition) is 3. The van der Waals surface area contributed by atoms with Gasteiger partial charge >= 0.3 is 5.69 Å². The summed E-state index contributed by atoms with van der Waals surface area (Å²) in [5.74, 6) is 0. The van der Waals surface area contributed by atoms with Crippen molar-refractivity contribution in [3.63, 3.8) is 0 Å². The maximum atomic E-state index is 13.1. The highest BCUT2D eigenvalue weighted by Crippen LogP contribution is 2.48. The van der Waals surface area contributed by atoms with Crippen LogP contribution in [0.3, 0.4) is 0 Å². The Labute approximate surface area is 140 Å². The van der Waals surface area contributed by atoms with Crippen LogP contribution in [-0.4, -0.2) is 21.3 Å². The molecule has 0 aliphatic heterocycles. The van der Waals surface area contributed by atoms with Crippen LogP contribution in [0, 0.1) is 0 Å². The Morgan fingerprint density at radius 3 is 2.62 bits per heavy atom. The van der Waals surface area contributed by atoms with E-state index in [9.17, 15) is 14.7 Å². The zero-order valence-corrected chi connectivity index (χ0v) is 13.7. The number of benzene rings is 1. The summed E-state index contributed by atoms with van der Waals surface area (Å²) >= 11 is 0. The maximum absolute atomic E-state index is 13.1. The van der Waals surface area contributed by atoms with Crippen molar-refractivity contribution >= 4 is 0 Å². The van der Waals surface area contributed by atoms with E-state index < -0.39 is 5.69 Å². The molecule has 0 atom stereocenters. The van der Waals surface area contributed by atoms with Crippen LogP contribution < -0.4 is 11.2 Å². The van der Waals surface area contributed by atoms with Gasteiger partial charge in [0.2, 0.25) is 0 Å². The van der Waals surface area contributed by atoms with E-state index in [0.717, 1.165) is 47.8 Å². The molecular formula is C19H22N2O3. The monoisotopic (exact) mass is 326 g/mol. The van der Waals surface area contributed by atoms with Crippen molar-refractivity contribution in [3.05, 3.63) is 56.2 Å².